The first-order valence-electron chi connectivity index (χ1n) is 12.7. The van der Waals surface area contributed by atoms with E-state index >= 15 is 0 Å². The molecule has 1 amide bonds. The molecule has 38 heavy (non-hydrogen) atoms. The number of rotatable bonds is 7. The second kappa shape index (κ2) is 10.6. The van der Waals surface area contributed by atoms with E-state index in [1.165, 1.54) is 0 Å². The summed E-state index contributed by atoms with van der Waals surface area (Å²) in [6, 6.07) is 18.9. The van der Waals surface area contributed by atoms with Crippen LogP contribution in [-0.4, -0.2) is 65.2 Å². The Morgan fingerprint density at radius 3 is 2.71 bits per heavy atom. The normalized spacial score (nSPS) is 17.5. The van der Waals surface area contributed by atoms with Crippen LogP contribution in [0.15, 0.2) is 60.7 Å². The van der Waals surface area contributed by atoms with Crippen molar-refractivity contribution < 1.29 is 14.3 Å². The standard InChI is InChI=1S/C29H28ClN5O3/c1-37-16-15-35-13-11-20(12-14-35)38-24-10-9-23-27(34-24)26(29(36)33-23)25(18-5-4-6-19(30)17-18)28-31-21-7-2-3-8-22(21)32-28/h2-10,17,20H,11-16H2,1H3,(H,31,32)(H,33,36)/b26-25-. The fourth-order valence-corrected chi connectivity index (χ4v) is 5.27. The number of H-pyrrole nitrogens is 1. The average Bonchev–Trinajstić information content (AvgIpc) is 3.49. The van der Waals surface area contributed by atoms with E-state index in [9.17, 15) is 4.79 Å². The molecule has 0 bridgehead atoms. The number of hydrogen-bond donors (Lipinski definition) is 2. The summed E-state index contributed by atoms with van der Waals surface area (Å²) in [6.07, 6.45) is 1.89. The lowest BCUT2D eigenvalue weighted by Gasteiger charge is -2.31. The number of halogens is 1. The zero-order valence-corrected chi connectivity index (χ0v) is 21.8. The topological polar surface area (TPSA) is 92.4 Å². The highest BCUT2D eigenvalue weighted by molar-refractivity contribution is 6.37. The minimum absolute atomic E-state index is 0.0691. The Balaban J connectivity index is 1.38. The zero-order valence-electron chi connectivity index (χ0n) is 21.0. The molecule has 0 unspecified atom stereocenters. The van der Waals surface area contributed by atoms with E-state index in [1.807, 2.05) is 54.6 Å². The highest BCUT2D eigenvalue weighted by Crippen LogP contribution is 2.40. The number of aromatic amines is 1. The maximum Gasteiger partial charge on any atom is 0.258 e. The van der Waals surface area contributed by atoms with E-state index in [4.69, 9.17) is 31.0 Å². The number of carbonyl (C=O) groups is 1. The lowest BCUT2D eigenvalue weighted by atomic mass is 9.97. The summed E-state index contributed by atoms with van der Waals surface area (Å²) in [5.74, 6) is 0.831. The van der Waals surface area contributed by atoms with Gasteiger partial charge in [-0.25, -0.2) is 9.97 Å². The third-order valence-electron chi connectivity index (χ3n) is 7.00. The van der Waals surface area contributed by atoms with Gasteiger partial charge in [0.15, 0.2) is 0 Å². The van der Waals surface area contributed by atoms with Crippen LogP contribution in [0.3, 0.4) is 0 Å². The SMILES string of the molecule is COCCN1CCC(Oc2ccc3c(n2)/C(=C(\c2cccc(Cl)c2)c2nc4ccccc4[nH]2)C(=O)N3)CC1. The van der Waals surface area contributed by atoms with Gasteiger partial charge in [0.05, 0.1) is 28.9 Å². The molecular formula is C29H28ClN5O3. The van der Waals surface area contributed by atoms with Gasteiger partial charge in [0, 0.05) is 43.4 Å². The molecule has 0 radical (unpaired) electrons. The monoisotopic (exact) mass is 529 g/mol. The van der Waals surface area contributed by atoms with Gasteiger partial charge in [0.25, 0.3) is 5.91 Å². The largest absolute Gasteiger partial charge is 0.474 e. The Morgan fingerprint density at radius 1 is 1.08 bits per heavy atom. The lowest BCUT2D eigenvalue weighted by molar-refractivity contribution is -0.110. The van der Waals surface area contributed by atoms with Crippen molar-refractivity contribution in [1.29, 1.82) is 0 Å². The number of amides is 1. The van der Waals surface area contributed by atoms with Gasteiger partial charge in [-0.2, -0.15) is 0 Å². The van der Waals surface area contributed by atoms with Crippen LogP contribution in [0, 0.1) is 0 Å². The number of fused-ring (bicyclic) bond motifs is 2. The van der Waals surface area contributed by atoms with Crippen molar-refractivity contribution in [3.05, 3.63) is 82.8 Å². The van der Waals surface area contributed by atoms with E-state index in [0.717, 1.165) is 55.7 Å². The van der Waals surface area contributed by atoms with Crippen LogP contribution in [0.4, 0.5) is 5.69 Å². The van der Waals surface area contributed by atoms with E-state index in [1.54, 1.807) is 13.2 Å². The van der Waals surface area contributed by atoms with Crippen LogP contribution in [0.25, 0.3) is 22.2 Å². The molecule has 9 heteroatoms. The predicted octanol–water partition coefficient (Wildman–Crippen LogP) is 5.01. The van der Waals surface area contributed by atoms with Crippen LogP contribution < -0.4 is 10.1 Å². The smallest absolute Gasteiger partial charge is 0.258 e. The first-order valence-corrected chi connectivity index (χ1v) is 13.1. The fourth-order valence-electron chi connectivity index (χ4n) is 5.08. The van der Waals surface area contributed by atoms with E-state index < -0.39 is 0 Å². The van der Waals surface area contributed by atoms with Crippen LogP contribution in [0.2, 0.25) is 5.02 Å². The van der Waals surface area contributed by atoms with Crippen LogP contribution in [-0.2, 0) is 9.53 Å². The van der Waals surface area contributed by atoms with Crippen molar-refractivity contribution in [2.75, 3.05) is 38.7 Å². The molecule has 0 aliphatic carbocycles. The minimum Gasteiger partial charge on any atom is -0.474 e. The van der Waals surface area contributed by atoms with Gasteiger partial charge in [0.1, 0.15) is 17.6 Å². The minimum atomic E-state index is -0.244. The summed E-state index contributed by atoms with van der Waals surface area (Å²) in [4.78, 5) is 28.8. The molecule has 0 atom stereocenters. The number of pyridine rings is 1. The Bertz CT molecular complexity index is 1490. The third kappa shape index (κ3) is 4.90. The number of ether oxygens (including phenoxy) is 2. The number of nitrogens with zero attached hydrogens (tertiary/aromatic N) is 3. The van der Waals surface area contributed by atoms with Gasteiger partial charge < -0.3 is 24.7 Å². The van der Waals surface area contributed by atoms with Crippen molar-refractivity contribution in [2.24, 2.45) is 0 Å². The molecule has 2 aromatic carbocycles. The molecule has 194 valence electrons. The molecule has 2 aromatic heterocycles. The number of benzene rings is 2. The maximum absolute atomic E-state index is 13.4. The summed E-state index contributed by atoms with van der Waals surface area (Å²) in [6.45, 7) is 3.56. The van der Waals surface area contributed by atoms with E-state index in [-0.39, 0.29) is 12.0 Å². The summed E-state index contributed by atoms with van der Waals surface area (Å²) in [5, 5.41) is 3.53. The highest BCUT2D eigenvalue weighted by Gasteiger charge is 2.32. The Morgan fingerprint density at radius 2 is 1.92 bits per heavy atom. The Hall–Kier alpha value is -3.72. The van der Waals surface area contributed by atoms with Gasteiger partial charge in [-0.3, -0.25) is 4.79 Å². The molecule has 1 fully saturated rings. The van der Waals surface area contributed by atoms with Gasteiger partial charge in [0.2, 0.25) is 5.88 Å². The quantitative estimate of drug-likeness (QED) is 0.327. The molecule has 2 aliphatic rings. The number of methoxy groups -OCH3 is 1. The molecule has 4 aromatic rings. The Labute approximate surface area is 225 Å². The predicted molar refractivity (Wildman–Crippen MR) is 148 cm³/mol. The van der Waals surface area contributed by atoms with Crippen LogP contribution in [0.5, 0.6) is 5.88 Å². The van der Waals surface area contributed by atoms with Crippen molar-refractivity contribution in [1.82, 2.24) is 19.9 Å². The number of piperidine rings is 1. The summed E-state index contributed by atoms with van der Waals surface area (Å²) >= 11 is 6.37. The molecule has 8 nitrogen and oxygen atoms in total. The van der Waals surface area contributed by atoms with Crippen molar-refractivity contribution in [3.8, 4) is 5.88 Å². The van der Waals surface area contributed by atoms with Crippen molar-refractivity contribution >= 4 is 45.4 Å². The number of likely N-dealkylation sites (tertiary alicyclic amines) is 1. The molecule has 4 heterocycles. The van der Waals surface area contributed by atoms with Gasteiger partial charge in [-0.15, -0.1) is 0 Å². The zero-order chi connectivity index (χ0) is 26.1. The Kier molecular flexibility index (Phi) is 6.84. The first-order chi connectivity index (χ1) is 18.6. The molecule has 1 saturated heterocycles. The van der Waals surface area contributed by atoms with Crippen LogP contribution in [0.1, 0.15) is 29.9 Å². The maximum atomic E-state index is 13.4. The number of carbonyl (C=O) groups excluding carboxylic acids is 1. The second-order valence-electron chi connectivity index (χ2n) is 9.51. The summed E-state index contributed by atoms with van der Waals surface area (Å²) < 4.78 is 11.5. The van der Waals surface area contributed by atoms with Gasteiger partial charge in [-0.1, -0.05) is 35.9 Å². The molecule has 2 aliphatic heterocycles. The number of nitrogens with one attached hydrogen (secondary N) is 2. The third-order valence-corrected chi connectivity index (χ3v) is 7.24. The number of anilines is 1. The van der Waals surface area contributed by atoms with Crippen LogP contribution >= 0.6 is 11.6 Å². The molecular weight excluding hydrogens is 502 g/mol. The summed E-state index contributed by atoms with van der Waals surface area (Å²) in [5.41, 5.74) is 4.71. The van der Waals surface area contributed by atoms with Gasteiger partial charge in [-0.05, 0) is 48.7 Å². The molecule has 0 saturated carbocycles. The molecule has 2 N–H and O–H groups in total. The number of hydrogen-bond acceptors (Lipinski definition) is 6. The highest BCUT2D eigenvalue weighted by atomic mass is 35.5. The number of para-hydroxylation sites is 2. The molecule has 6 rings (SSSR count). The van der Waals surface area contributed by atoms with Gasteiger partial charge >= 0.3 is 0 Å². The number of imidazole rings is 1. The van der Waals surface area contributed by atoms with E-state index in [0.29, 0.717) is 39.3 Å². The summed E-state index contributed by atoms with van der Waals surface area (Å²) in [7, 11) is 1.73. The molecule has 0 spiro atoms. The van der Waals surface area contributed by atoms with Crippen molar-refractivity contribution in [3.63, 3.8) is 0 Å². The number of aromatic nitrogens is 3. The second-order valence-corrected chi connectivity index (χ2v) is 9.95. The van der Waals surface area contributed by atoms with Crippen molar-refractivity contribution in [2.45, 2.75) is 18.9 Å². The lowest BCUT2D eigenvalue weighted by Crippen LogP contribution is -2.39. The van der Waals surface area contributed by atoms with E-state index in [2.05, 4.69) is 15.2 Å². The average molecular weight is 530 g/mol. The first kappa shape index (κ1) is 24.6. The fraction of sp³-hybridized carbons (Fsp3) is 0.276.